The number of thiazole rings is 1. The van der Waals surface area contributed by atoms with Gasteiger partial charge in [0.2, 0.25) is 11.8 Å². The van der Waals surface area contributed by atoms with Gasteiger partial charge in [0.25, 0.3) is 5.91 Å². The minimum atomic E-state index is -4.82. The van der Waals surface area contributed by atoms with Gasteiger partial charge < -0.3 is 14.3 Å². The molecule has 0 unspecified atom stereocenters. The van der Waals surface area contributed by atoms with Crippen molar-refractivity contribution in [3.63, 3.8) is 0 Å². The minimum absolute atomic E-state index is 0.0865. The number of oxime groups is 1. The van der Waals surface area contributed by atoms with Gasteiger partial charge in [0.1, 0.15) is 19.1 Å². The molecule has 0 saturated heterocycles. The van der Waals surface area contributed by atoms with E-state index in [1.807, 2.05) is 0 Å². The Morgan fingerprint density at radius 1 is 1.06 bits per heavy atom. The molecule has 0 aliphatic carbocycles. The fraction of sp³-hybridized carbons (Fsp3) is 0.211. The van der Waals surface area contributed by atoms with Gasteiger partial charge in [0, 0.05) is 5.56 Å². The predicted molar refractivity (Wildman–Crippen MR) is 109 cm³/mol. The number of methoxy groups -OCH3 is 2. The summed E-state index contributed by atoms with van der Waals surface area (Å²) in [5.74, 6) is -1.10. The quantitative estimate of drug-likeness (QED) is 0.418. The lowest BCUT2D eigenvalue weighted by Crippen LogP contribution is -2.16. The van der Waals surface area contributed by atoms with Crippen LogP contribution < -0.4 is 14.8 Å². The van der Waals surface area contributed by atoms with E-state index in [1.165, 1.54) is 21.3 Å². The van der Waals surface area contributed by atoms with E-state index >= 15 is 0 Å². The molecule has 0 aliphatic heterocycles. The summed E-state index contributed by atoms with van der Waals surface area (Å²) < 4.78 is 51.3. The monoisotopic (exact) mass is 467 g/mol. The molecule has 168 valence electrons. The highest BCUT2D eigenvalue weighted by Gasteiger charge is 2.40. The average molecular weight is 467 g/mol. The summed E-state index contributed by atoms with van der Waals surface area (Å²) in [6, 6.07) is 8.15. The van der Waals surface area contributed by atoms with Crippen molar-refractivity contribution < 1.29 is 32.3 Å². The standard InChI is InChI=1S/C19H16F3N5O4S/c1-29-16-11(17(30-2)24-9-23-16)15(28)26-18-25-14(19(20,21)22)13(32-18)12(27-31-3)10-7-5-4-6-8-10/h4-9H,1-3H3,(H,25,26,28). The fourth-order valence-electron chi connectivity index (χ4n) is 2.66. The Kier molecular flexibility index (Phi) is 6.88. The second kappa shape index (κ2) is 9.60. The molecule has 1 amide bonds. The number of anilines is 1. The van der Waals surface area contributed by atoms with Gasteiger partial charge in [-0.3, -0.25) is 10.1 Å². The van der Waals surface area contributed by atoms with E-state index in [1.54, 1.807) is 30.3 Å². The Morgan fingerprint density at radius 2 is 1.69 bits per heavy atom. The van der Waals surface area contributed by atoms with Crippen LogP contribution in [-0.2, 0) is 11.0 Å². The van der Waals surface area contributed by atoms with Gasteiger partial charge in [0.05, 0.1) is 19.1 Å². The molecule has 2 aromatic heterocycles. The summed E-state index contributed by atoms with van der Waals surface area (Å²) in [7, 11) is 3.76. The molecular weight excluding hydrogens is 451 g/mol. The predicted octanol–water partition coefficient (Wildman–Crippen LogP) is 3.62. The lowest BCUT2D eigenvalue weighted by Gasteiger charge is -2.09. The molecule has 2 heterocycles. The smallest absolute Gasteiger partial charge is 0.434 e. The van der Waals surface area contributed by atoms with Crippen LogP contribution in [-0.4, -0.2) is 47.9 Å². The number of ether oxygens (including phenoxy) is 2. The number of alkyl halides is 3. The third kappa shape index (κ3) is 4.77. The Balaban J connectivity index is 2.06. The van der Waals surface area contributed by atoms with Crippen molar-refractivity contribution in [2.24, 2.45) is 5.16 Å². The van der Waals surface area contributed by atoms with Gasteiger partial charge in [0.15, 0.2) is 16.4 Å². The molecule has 0 atom stereocenters. The lowest BCUT2D eigenvalue weighted by molar-refractivity contribution is -0.140. The van der Waals surface area contributed by atoms with Crippen LogP contribution >= 0.6 is 11.3 Å². The highest BCUT2D eigenvalue weighted by atomic mass is 32.1. The highest BCUT2D eigenvalue weighted by Crippen LogP contribution is 2.38. The number of aromatic nitrogens is 3. The minimum Gasteiger partial charge on any atom is -0.480 e. The number of hydrogen-bond acceptors (Lipinski definition) is 9. The SMILES string of the molecule is CON=C(c1ccccc1)c1sc(NC(=O)c2c(OC)ncnc2OC)nc1C(F)(F)F. The van der Waals surface area contributed by atoms with E-state index in [9.17, 15) is 18.0 Å². The van der Waals surface area contributed by atoms with Gasteiger partial charge in [-0.25, -0.2) is 15.0 Å². The normalized spacial score (nSPS) is 11.8. The van der Waals surface area contributed by atoms with Crippen molar-refractivity contribution >= 4 is 28.1 Å². The van der Waals surface area contributed by atoms with Crippen LogP contribution in [0.4, 0.5) is 18.3 Å². The summed E-state index contributed by atoms with van der Waals surface area (Å²) in [6.45, 7) is 0. The summed E-state index contributed by atoms with van der Waals surface area (Å²) >= 11 is 0.583. The van der Waals surface area contributed by atoms with Gasteiger partial charge in [-0.2, -0.15) is 13.2 Å². The number of rotatable bonds is 7. The zero-order chi connectivity index (χ0) is 23.3. The first-order valence-corrected chi connectivity index (χ1v) is 9.61. The number of carbonyl (C=O) groups is 1. The summed E-state index contributed by atoms with van der Waals surface area (Å²) in [5, 5.41) is 5.75. The summed E-state index contributed by atoms with van der Waals surface area (Å²) in [5.41, 5.74) is -1.13. The molecule has 0 aliphatic rings. The van der Waals surface area contributed by atoms with Gasteiger partial charge in [-0.15, -0.1) is 0 Å². The van der Waals surface area contributed by atoms with Crippen LogP contribution in [0.25, 0.3) is 0 Å². The molecule has 1 aromatic carbocycles. The Labute approximate surface area is 183 Å². The van der Waals surface area contributed by atoms with Crippen LogP contribution in [0.5, 0.6) is 11.8 Å². The van der Waals surface area contributed by atoms with Crippen molar-refractivity contribution in [1.29, 1.82) is 0 Å². The summed E-state index contributed by atoms with van der Waals surface area (Å²) in [6.07, 6.45) is -3.70. The van der Waals surface area contributed by atoms with E-state index < -0.39 is 17.8 Å². The summed E-state index contributed by atoms with van der Waals surface area (Å²) in [4.78, 5) is 28.4. The second-order valence-electron chi connectivity index (χ2n) is 5.90. The maximum absolute atomic E-state index is 13.8. The molecular formula is C19H16F3N5O4S. The van der Waals surface area contributed by atoms with E-state index in [4.69, 9.17) is 14.3 Å². The molecule has 0 saturated carbocycles. The van der Waals surface area contributed by atoms with Gasteiger partial charge in [-0.1, -0.05) is 46.8 Å². The Hall–Kier alpha value is -3.74. The molecule has 32 heavy (non-hydrogen) atoms. The van der Waals surface area contributed by atoms with E-state index in [0.29, 0.717) is 16.9 Å². The van der Waals surface area contributed by atoms with Gasteiger partial charge in [-0.05, 0) is 0 Å². The van der Waals surface area contributed by atoms with E-state index in [-0.39, 0.29) is 33.0 Å². The Morgan fingerprint density at radius 3 is 2.22 bits per heavy atom. The fourth-order valence-corrected chi connectivity index (χ4v) is 3.64. The molecule has 0 bridgehead atoms. The number of halogens is 3. The lowest BCUT2D eigenvalue weighted by atomic mass is 10.1. The maximum Gasteiger partial charge on any atom is 0.434 e. The highest BCUT2D eigenvalue weighted by molar-refractivity contribution is 7.18. The number of carbonyl (C=O) groups excluding carboxylic acids is 1. The van der Waals surface area contributed by atoms with Crippen LogP contribution in [0, 0.1) is 0 Å². The van der Waals surface area contributed by atoms with Crippen molar-refractivity contribution in [3.8, 4) is 11.8 Å². The zero-order valence-corrected chi connectivity index (χ0v) is 17.7. The van der Waals surface area contributed by atoms with Crippen LogP contribution in [0.15, 0.2) is 41.8 Å². The third-order valence-corrected chi connectivity index (χ3v) is 4.93. The first-order chi connectivity index (χ1) is 15.3. The van der Waals surface area contributed by atoms with Crippen LogP contribution in [0.1, 0.15) is 26.5 Å². The number of amides is 1. The van der Waals surface area contributed by atoms with Crippen molar-refractivity contribution in [1.82, 2.24) is 15.0 Å². The largest absolute Gasteiger partial charge is 0.480 e. The Bertz CT molecular complexity index is 1110. The van der Waals surface area contributed by atoms with Crippen LogP contribution in [0.2, 0.25) is 0 Å². The molecule has 3 rings (SSSR count). The first kappa shape index (κ1) is 22.9. The number of benzene rings is 1. The van der Waals surface area contributed by atoms with Crippen LogP contribution in [0.3, 0.4) is 0 Å². The zero-order valence-electron chi connectivity index (χ0n) is 16.9. The number of nitrogens with zero attached hydrogens (tertiary/aromatic N) is 4. The third-order valence-electron chi connectivity index (χ3n) is 3.95. The molecule has 9 nitrogen and oxygen atoms in total. The van der Waals surface area contributed by atoms with E-state index in [0.717, 1.165) is 6.33 Å². The first-order valence-electron chi connectivity index (χ1n) is 8.79. The maximum atomic E-state index is 13.8. The molecule has 0 spiro atoms. The van der Waals surface area contributed by atoms with Crippen molar-refractivity contribution in [2.75, 3.05) is 26.6 Å². The molecule has 1 N–H and O–H groups in total. The molecule has 13 heteroatoms. The number of hydrogen-bond donors (Lipinski definition) is 1. The second-order valence-corrected chi connectivity index (χ2v) is 6.90. The van der Waals surface area contributed by atoms with Crippen molar-refractivity contribution in [3.05, 3.63) is 58.4 Å². The van der Waals surface area contributed by atoms with Gasteiger partial charge >= 0.3 is 6.18 Å². The molecule has 3 aromatic rings. The average Bonchev–Trinajstić information content (AvgIpc) is 3.21. The van der Waals surface area contributed by atoms with Crippen molar-refractivity contribution in [2.45, 2.75) is 6.18 Å². The molecule has 0 fully saturated rings. The number of nitrogens with one attached hydrogen (secondary N) is 1. The molecule has 0 radical (unpaired) electrons. The van der Waals surface area contributed by atoms with E-state index in [2.05, 4.69) is 25.4 Å². The topological polar surface area (TPSA) is 108 Å².